The van der Waals surface area contributed by atoms with Crippen LogP contribution in [0, 0.1) is 76.9 Å². The van der Waals surface area contributed by atoms with Gasteiger partial charge in [0.2, 0.25) is 35.4 Å². The first kappa shape index (κ1) is 84.7. The molecular weight excluding hydrogens is 1060 g/mol. The molecule has 84 heavy (non-hydrogen) atoms. The molecule has 0 radical (unpaired) electrons. The standard InChI is InChI=1S/C13H26N2O.2C11H22N2O.C11H24N2O.C10H22N2O.C9H21N3O/c1-9(2)13(16)15-8-12(14)7-4-10(3)11-5-6-11;2*1-8(2)11(14)13-7-10-4-3-9(5-10)6-12;1-8(2)5-6-10(12)7-13-11(14)9(3)4;1-4-5-6-9(11)7-12-10(13)8(2)3;1-7(2)9(13)12-6-8(11)4-3-5-10/h9-12H,4-8,14H2,1-3H3,(H,15,16);2*8-10H,3-7,12H2,1-2H3,(H,13,14);8-10H,5-7,12H2,1-4H3,(H,13,14);8-9H,4-7,11H2,1-3H3,(H,12,13);7-8H,3-6,10-11H2,1-2H3,(H,12,13)/t10?,12-;9-,10+;9-,10-;10-;9-;8-/m010010/s1. The number of carbonyl (C=O) groups excluding carboxylic acids is 6. The van der Waals surface area contributed by atoms with Crippen molar-refractivity contribution in [1.82, 2.24) is 31.9 Å². The van der Waals surface area contributed by atoms with Gasteiger partial charge in [-0.15, -0.1) is 0 Å². The second-order valence-electron chi connectivity index (χ2n) is 26.9. The molecule has 3 fully saturated rings. The number of amides is 6. The number of nitrogens with two attached hydrogens (primary N) is 7. The largest absolute Gasteiger partial charge is 0.356 e. The van der Waals surface area contributed by atoms with Gasteiger partial charge in [-0.05, 0) is 157 Å². The van der Waals surface area contributed by atoms with E-state index in [2.05, 4.69) is 59.6 Å². The molecule has 19 heteroatoms. The first-order chi connectivity index (χ1) is 39.3. The Kier molecular flexibility index (Phi) is 52.0. The van der Waals surface area contributed by atoms with Crippen molar-refractivity contribution in [3.63, 3.8) is 0 Å². The van der Waals surface area contributed by atoms with Crippen LogP contribution in [0.2, 0.25) is 0 Å². The molecule has 3 rings (SSSR count). The van der Waals surface area contributed by atoms with Gasteiger partial charge in [0.1, 0.15) is 0 Å². The van der Waals surface area contributed by atoms with Gasteiger partial charge >= 0.3 is 0 Å². The van der Waals surface area contributed by atoms with E-state index >= 15 is 0 Å². The summed E-state index contributed by atoms with van der Waals surface area (Å²) in [5.74, 6) is 6.21. The van der Waals surface area contributed by atoms with Gasteiger partial charge in [0.15, 0.2) is 0 Å². The highest BCUT2D eigenvalue weighted by atomic mass is 16.2. The molecule has 0 saturated heterocycles. The van der Waals surface area contributed by atoms with Crippen LogP contribution in [-0.4, -0.2) is 119 Å². The predicted octanol–water partition coefficient (Wildman–Crippen LogP) is 6.80. The van der Waals surface area contributed by atoms with E-state index in [1.165, 1.54) is 57.8 Å². The molecule has 498 valence electrons. The van der Waals surface area contributed by atoms with Gasteiger partial charge in [-0.2, -0.15) is 0 Å². The fraction of sp³-hybridized carbons (Fsp3) is 0.908. The summed E-state index contributed by atoms with van der Waals surface area (Å²) in [5, 5.41) is 17.3. The first-order valence-corrected chi connectivity index (χ1v) is 33.1. The van der Waals surface area contributed by atoms with Crippen LogP contribution in [-0.2, 0) is 28.8 Å². The van der Waals surface area contributed by atoms with Crippen LogP contribution in [0.25, 0.3) is 0 Å². The summed E-state index contributed by atoms with van der Waals surface area (Å²) in [7, 11) is 0. The summed E-state index contributed by atoms with van der Waals surface area (Å²) in [4.78, 5) is 67.5. The Morgan fingerprint density at radius 2 is 0.655 bits per heavy atom. The molecule has 0 aromatic carbocycles. The Balaban J connectivity index is -0.000000939. The van der Waals surface area contributed by atoms with Crippen molar-refractivity contribution >= 4 is 35.4 Å². The van der Waals surface area contributed by atoms with E-state index in [1.54, 1.807) is 0 Å². The minimum Gasteiger partial charge on any atom is -0.356 e. The Bertz CT molecular complexity index is 1600. The van der Waals surface area contributed by atoms with Gasteiger partial charge < -0.3 is 72.0 Å². The zero-order chi connectivity index (χ0) is 64.9. The molecule has 0 aliphatic heterocycles. The normalized spacial score (nSPS) is 18.9. The molecule has 6 amide bonds. The number of nitrogens with one attached hydrogen (secondary N) is 6. The minimum atomic E-state index is 0.0294. The van der Waals surface area contributed by atoms with Gasteiger partial charge in [0, 0.05) is 98.9 Å². The second-order valence-corrected chi connectivity index (χ2v) is 26.9. The van der Waals surface area contributed by atoms with Crippen molar-refractivity contribution in [1.29, 1.82) is 0 Å². The first-order valence-electron chi connectivity index (χ1n) is 33.1. The molecule has 0 bridgehead atoms. The van der Waals surface area contributed by atoms with Crippen LogP contribution in [0.4, 0.5) is 0 Å². The highest BCUT2D eigenvalue weighted by Gasteiger charge is 2.28. The predicted molar refractivity (Wildman–Crippen MR) is 352 cm³/mol. The maximum atomic E-state index is 11.3. The quantitative estimate of drug-likeness (QED) is 0.0322. The Morgan fingerprint density at radius 3 is 0.917 bits per heavy atom. The van der Waals surface area contributed by atoms with Crippen molar-refractivity contribution in [2.45, 2.75) is 244 Å². The highest BCUT2D eigenvalue weighted by molar-refractivity contribution is 5.79. The summed E-state index contributed by atoms with van der Waals surface area (Å²) >= 11 is 0. The van der Waals surface area contributed by atoms with Crippen molar-refractivity contribution < 1.29 is 28.8 Å². The van der Waals surface area contributed by atoms with Crippen LogP contribution in [0.1, 0.15) is 220 Å². The molecule has 1 unspecified atom stereocenters. The molecule has 3 saturated carbocycles. The number of hydrogen-bond donors (Lipinski definition) is 13. The molecule has 0 spiro atoms. The van der Waals surface area contributed by atoms with Gasteiger partial charge in [0.25, 0.3) is 0 Å². The molecule has 3 aliphatic rings. The molecule has 0 aromatic rings. The van der Waals surface area contributed by atoms with Crippen LogP contribution in [0.3, 0.4) is 0 Å². The average molecular weight is 1200 g/mol. The smallest absolute Gasteiger partial charge is 0.222 e. The lowest BCUT2D eigenvalue weighted by Gasteiger charge is -2.16. The van der Waals surface area contributed by atoms with E-state index in [1.807, 2.05) is 83.1 Å². The van der Waals surface area contributed by atoms with Crippen LogP contribution in [0.5, 0.6) is 0 Å². The van der Waals surface area contributed by atoms with Crippen LogP contribution < -0.4 is 72.0 Å². The monoisotopic (exact) mass is 1200 g/mol. The van der Waals surface area contributed by atoms with E-state index in [9.17, 15) is 28.8 Å². The fourth-order valence-electron chi connectivity index (χ4n) is 8.98. The molecule has 20 N–H and O–H groups in total. The van der Waals surface area contributed by atoms with E-state index in [4.69, 9.17) is 40.1 Å². The lowest BCUT2D eigenvalue weighted by atomic mass is 9.97. The molecule has 19 nitrogen and oxygen atoms in total. The Hall–Kier alpha value is -3.46. The lowest BCUT2D eigenvalue weighted by Crippen LogP contribution is -2.39. The van der Waals surface area contributed by atoms with Gasteiger partial charge in [-0.25, -0.2) is 0 Å². The highest BCUT2D eigenvalue weighted by Crippen LogP contribution is 2.38. The van der Waals surface area contributed by atoms with Crippen molar-refractivity contribution in [2.75, 3.05) is 58.9 Å². The zero-order valence-electron chi connectivity index (χ0n) is 56.7. The summed E-state index contributed by atoms with van der Waals surface area (Å²) in [6.07, 6.45) is 19.5. The fourth-order valence-corrected chi connectivity index (χ4v) is 8.98. The third-order valence-corrected chi connectivity index (χ3v) is 15.6. The van der Waals surface area contributed by atoms with Crippen molar-refractivity contribution in [3.8, 4) is 0 Å². The van der Waals surface area contributed by atoms with E-state index in [0.29, 0.717) is 62.3 Å². The molecule has 9 atom stereocenters. The summed E-state index contributed by atoms with van der Waals surface area (Å²) < 4.78 is 0. The van der Waals surface area contributed by atoms with Gasteiger partial charge in [0.05, 0.1) is 0 Å². The number of rotatable bonds is 33. The maximum Gasteiger partial charge on any atom is 0.222 e. The van der Waals surface area contributed by atoms with E-state index in [0.717, 1.165) is 89.4 Å². The van der Waals surface area contributed by atoms with E-state index < -0.39 is 0 Å². The number of carbonyl (C=O) groups is 6. The third kappa shape index (κ3) is 49.6. The number of unbranched alkanes of at least 4 members (excludes halogenated alkanes) is 1. The maximum absolute atomic E-state index is 11.3. The number of hydrogen-bond acceptors (Lipinski definition) is 13. The van der Waals surface area contributed by atoms with Gasteiger partial charge in [-0.3, -0.25) is 28.8 Å². The second kappa shape index (κ2) is 51.6. The van der Waals surface area contributed by atoms with Crippen LogP contribution >= 0.6 is 0 Å². The average Bonchev–Trinajstić information content (AvgIpc) is 4.11. The zero-order valence-corrected chi connectivity index (χ0v) is 56.7. The molecule has 0 aromatic heterocycles. The van der Waals surface area contributed by atoms with Crippen LogP contribution in [0.15, 0.2) is 0 Å². The van der Waals surface area contributed by atoms with E-state index in [-0.39, 0.29) is 95.1 Å². The third-order valence-electron chi connectivity index (χ3n) is 15.6. The molecule has 0 heterocycles. The Labute approximate surface area is 514 Å². The van der Waals surface area contributed by atoms with Gasteiger partial charge in [-0.1, -0.05) is 124 Å². The lowest BCUT2D eigenvalue weighted by molar-refractivity contribution is -0.124. The summed E-state index contributed by atoms with van der Waals surface area (Å²) in [5.41, 5.74) is 39.9. The Morgan fingerprint density at radius 1 is 0.369 bits per heavy atom. The van der Waals surface area contributed by atoms with Crippen molar-refractivity contribution in [3.05, 3.63) is 0 Å². The van der Waals surface area contributed by atoms with Crippen molar-refractivity contribution in [2.24, 2.45) is 117 Å². The topological polar surface area (TPSA) is 357 Å². The summed E-state index contributed by atoms with van der Waals surface area (Å²) in [6, 6.07) is 0.359. The summed E-state index contributed by atoms with van der Waals surface area (Å²) in [6.45, 7) is 37.9. The molecule has 3 aliphatic carbocycles. The molecular formula is C65H137N13O6. The minimum absolute atomic E-state index is 0.0294. The SMILES string of the molecule is CC(C)C(=O)NC[C@@H](N)CCC(C)C1CC1.CC(C)C(=O)NC[C@@H](N)CCCN.CC(C)C(=O)NC[C@H]1CC[C@@H](CN)C1.CC(C)C(=O)NC[C@H]1CC[C@H](CN)C1.CC(C)CC[C@H](N)CNC(=O)C(C)C.CCCC[C@@H](N)CNC(=O)C(C)C.